The van der Waals surface area contributed by atoms with Crippen molar-refractivity contribution in [3.8, 4) is 0 Å². The zero-order chi connectivity index (χ0) is 41.5. The molecule has 10 atom stereocenters. The van der Waals surface area contributed by atoms with Gasteiger partial charge in [0.1, 0.15) is 29.6 Å². The van der Waals surface area contributed by atoms with Gasteiger partial charge in [-0.05, 0) is 30.2 Å². The molecule has 2 saturated carbocycles. The number of aliphatic hydroxyl groups is 2. The SMILES string of the molecule is CC(=O)O[C@@]12CO[C@@H]1CC1NN=C3C(=O)C4=C(C)[C@@H](OC(=O)[C@H](O)[C@@H](NC(=O)C(C)(C)C)c5ccccc5)C[C@@](O)([C@@H](OC(=O)c5ccccc5)[C@H]2[C@]31C)C4(C)C. The summed E-state index contributed by atoms with van der Waals surface area (Å²) in [6, 6.07) is 15.0. The van der Waals surface area contributed by atoms with Crippen molar-refractivity contribution in [2.75, 3.05) is 6.61 Å². The van der Waals surface area contributed by atoms with Gasteiger partial charge in [0.15, 0.2) is 11.7 Å². The molecule has 5 aliphatic rings. The number of ether oxygens (including phenoxy) is 4. The number of hydrogen-bond acceptors (Lipinski definition) is 13. The van der Waals surface area contributed by atoms with E-state index in [2.05, 4.69) is 15.8 Å². The Labute approximate surface area is 331 Å². The molecule has 2 aromatic carbocycles. The highest BCUT2D eigenvalue weighted by Gasteiger charge is 2.78. The average Bonchev–Trinajstić information content (AvgIpc) is 3.48. The van der Waals surface area contributed by atoms with E-state index in [1.807, 2.05) is 0 Å². The molecular formula is C43H51N3O11. The molecule has 0 aromatic heterocycles. The number of nitrogens with zero attached hydrogens (tertiary/aromatic N) is 1. The van der Waals surface area contributed by atoms with E-state index in [1.165, 1.54) is 6.92 Å². The second-order valence-electron chi connectivity index (χ2n) is 17.8. The predicted octanol–water partition coefficient (Wildman–Crippen LogP) is 3.50. The second kappa shape index (κ2) is 13.9. The van der Waals surface area contributed by atoms with E-state index in [-0.39, 0.29) is 23.5 Å². The molecule has 7 rings (SSSR count). The van der Waals surface area contributed by atoms with Crippen LogP contribution in [-0.4, -0.2) is 93.8 Å². The maximum absolute atomic E-state index is 15.1. The summed E-state index contributed by atoms with van der Waals surface area (Å²) >= 11 is 0. The lowest BCUT2D eigenvalue weighted by Crippen LogP contribution is -2.81. The summed E-state index contributed by atoms with van der Waals surface area (Å²) < 4.78 is 24.8. The third-order valence-corrected chi connectivity index (χ3v) is 13.1. The molecule has 0 radical (unpaired) electrons. The van der Waals surface area contributed by atoms with E-state index < -0.39 is 106 Å². The first-order valence-corrected chi connectivity index (χ1v) is 19.3. The quantitative estimate of drug-likeness (QED) is 0.225. The van der Waals surface area contributed by atoms with E-state index >= 15 is 4.79 Å². The highest BCUT2D eigenvalue weighted by atomic mass is 16.6. The maximum atomic E-state index is 15.1. The molecule has 2 aliphatic heterocycles. The van der Waals surface area contributed by atoms with Crippen LogP contribution >= 0.6 is 0 Å². The summed E-state index contributed by atoms with van der Waals surface area (Å²) in [6.45, 7) is 13.0. The van der Waals surface area contributed by atoms with Crippen molar-refractivity contribution >= 4 is 35.3 Å². The zero-order valence-electron chi connectivity index (χ0n) is 33.5. The number of carbonyl (C=O) groups excluding carboxylic acids is 5. The molecule has 1 amide bonds. The predicted molar refractivity (Wildman–Crippen MR) is 204 cm³/mol. The van der Waals surface area contributed by atoms with Crippen LogP contribution in [0.3, 0.4) is 0 Å². The lowest BCUT2D eigenvalue weighted by atomic mass is 9.44. The molecule has 3 fully saturated rings. The summed E-state index contributed by atoms with van der Waals surface area (Å²) in [5, 5.41) is 32.6. The molecule has 3 aliphatic carbocycles. The number of aliphatic hydroxyl groups excluding tert-OH is 1. The van der Waals surface area contributed by atoms with E-state index in [0.717, 1.165) is 0 Å². The number of benzene rings is 2. The first kappa shape index (κ1) is 40.3. The van der Waals surface area contributed by atoms with Crippen molar-refractivity contribution in [1.82, 2.24) is 10.7 Å². The molecule has 2 bridgehead atoms. The Morgan fingerprint density at radius 1 is 1.00 bits per heavy atom. The Morgan fingerprint density at radius 2 is 1.63 bits per heavy atom. The minimum atomic E-state index is -2.19. The van der Waals surface area contributed by atoms with Crippen LogP contribution in [0.1, 0.15) is 90.2 Å². The lowest BCUT2D eigenvalue weighted by Gasteiger charge is -2.66. The van der Waals surface area contributed by atoms with Crippen molar-refractivity contribution in [1.29, 1.82) is 0 Å². The minimum Gasteiger partial charge on any atom is -0.456 e. The molecule has 57 heavy (non-hydrogen) atoms. The van der Waals surface area contributed by atoms with Crippen LogP contribution < -0.4 is 10.7 Å². The summed E-state index contributed by atoms with van der Waals surface area (Å²) in [5.41, 5.74) is -3.04. The standard InChI is InChI=1S/C43H51N3O11/c1-22-26(55-37(51)32(49)30(24-15-11-9-12-16-24)44-38(52)39(3,4)5)20-43(53)35(56-36(50)25-17-13-10-14-18-25)33-41(8)27(19-28-42(33,21-54-28)57-23(2)47)45-46-34(41)31(48)29(22)40(43,6)7/h9-18,26-28,30,32-33,35,45,49,53H,19-21H2,1-8H3,(H,44,52)/t26-,27?,28+,30-,32+,33-,35-,41+,42-,43+/m0/s1. The normalized spacial score (nSPS) is 33.3. The van der Waals surface area contributed by atoms with Crippen LogP contribution in [0.25, 0.3) is 0 Å². The van der Waals surface area contributed by atoms with Crippen LogP contribution in [0.4, 0.5) is 0 Å². The van der Waals surface area contributed by atoms with Gasteiger partial charge in [0, 0.05) is 41.6 Å². The number of hydrazone groups is 1. The number of rotatable bonds is 8. The first-order chi connectivity index (χ1) is 26.7. The first-order valence-electron chi connectivity index (χ1n) is 19.3. The third kappa shape index (κ3) is 6.18. The summed E-state index contributed by atoms with van der Waals surface area (Å²) in [4.78, 5) is 69.6. The molecular weight excluding hydrogens is 734 g/mol. The Morgan fingerprint density at radius 3 is 2.21 bits per heavy atom. The number of fused-ring (bicyclic) bond motifs is 4. The van der Waals surface area contributed by atoms with Gasteiger partial charge in [0.05, 0.1) is 30.2 Å². The van der Waals surface area contributed by atoms with Crippen LogP contribution in [0.2, 0.25) is 0 Å². The van der Waals surface area contributed by atoms with Crippen molar-refractivity contribution in [3.05, 3.63) is 82.9 Å². The van der Waals surface area contributed by atoms with Crippen molar-refractivity contribution in [3.63, 3.8) is 0 Å². The zero-order valence-corrected chi connectivity index (χ0v) is 33.5. The van der Waals surface area contributed by atoms with Gasteiger partial charge in [-0.2, -0.15) is 5.10 Å². The molecule has 0 spiro atoms. The molecule has 2 heterocycles. The fourth-order valence-corrected chi connectivity index (χ4v) is 9.81. The third-order valence-electron chi connectivity index (χ3n) is 13.1. The number of carbonyl (C=O) groups is 5. The number of hydrogen-bond donors (Lipinski definition) is 4. The fraction of sp³-hybridized carbons (Fsp3) is 0.535. The molecule has 14 nitrogen and oxygen atoms in total. The van der Waals surface area contributed by atoms with Gasteiger partial charge in [-0.3, -0.25) is 14.4 Å². The van der Waals surface area contributed by atoms with Gasteiger partial charge < -0.3 is 39.9 Å². The largest absolute Gasteiger partial charge is 0.456 e. The van der Waals surface area contributed by atoms with Crippen LogP contribution in [-0.2, 0) is 38.1 Å². The average molecular weight is 786 g/mol. The number of nitrogens with one attached hydrogen (secondary N) is 2. The smallest absolute Gasteiger partial charge is 0.338 e. The Bertz CT molecular complexity index is 2060. The second-order valence-corrected chi connectivity index (χ2v) is 17.8. The van der Waals surface area contributed by atoms with E-state index in [1.54, 1.807) is 109 Å². The van der Waals surface area contributed by atoms with Gasteiger partial charge in [-0.15, -0.1) is 0 Å². The number of ketones is 1. The minimum absolute atomic E-state index is 0.0839. The number of amides is 1. The summed E-state index contributed by atoms with van der Waals surface area (Å²) in [7, 11) is 0. The van der Waals surface area contributed by atoms with Crippen molar-refractivity contribution < 1.29 is 53.1 Å². The molecule has 1 saturated heterocycles. The van der Waals surface area contributed by atoms with Crippen LogP contribution in [0.5, 0.6) is 0 Å². The van der Waals surface area contributed by atoms with Gasteiger partial charge in [-0.1, -0.05) is 90.1 Å². The van der Waals surface area contributed by atoms with Crippen molar-refractivity contribution in [2.24, 2.45) is 27.3 Å². The van der Waals surface area contributed by atoms with Gasteiger partial charge in [0.2, 0.25) is 11.7 Å². The Kier molecular flexibility index (Phi) is 9.81. The molecule has 1 unspecified atom stereocenters. The van der Waals surface area contributed by atoms with Crippen LogP contribution in [0, 0.1) is 22.2 Å². The summed E-state index contributed by atoms with van der Waals surface area (Å²) in [6.07, 6.45) is -5.57. The molecule has 304 valence electrons. The van der Waals surface area contributed by atoms with Gasteiger partial charge in [-0.25, -0.2) is 9.59 Å². The number of Topliss-reactive ketones (excluding diaryl/α,β-unsaturated/α-hetero) is 1. The monoisotopic (exact) mass is 785 g/mol. The highest BCUT2D eigenvalue weighted by Crippen LogP contribution is 2.64. The molecule has 14 heteroatoms. The summed E-state index contributed by atoms with van der Waals surface area (Å²) in [5.74, 6) is -4.58. The Balaban J connectivity index is 1.37. The van der Waals surface area contributed by atoms with E-state index in [4.69, 9.17) is 18.9 Å². The highest BCUT2D eigenvalue weighted by molar-refractivity contribution is 6.48. The van der Waals surface area contributed by atoms with E-state index in [0.29, 0.717) is 17.6 Å². The van der Waals surface area contributed by atoms with Crippen molar-refractivity contribution in [2.45, 2.75) is 116 Å². The van der Waals surface area contributed by atoms with Gasteiger partial charge >= 0.3 is 17.9 Å². The van der Waals surface area contributed by atoms with E-state index in [9.17, 15) is 29.4 Å². The molecule has 4 N–H and O–H groups in total. The number of esters is 3. The topological polar surface area (TPSA) is 199 Å². The van der Waals surface area contributed by atoms with Crippen LogP contribution in [0.15, 0.2) is 76.9 Å². The Hall–Kier alpha value is -4.92. The molecule has 2 aromatic rings. The maximum Gasteiger partial charge on any atom is 0.338 e. The fourth-order valence-electron chi connectivity index (χ4n) is 9.81. The van der Waals surface area contributed by atoms with Gasteiger partial charge in [0.25, 0.3) is 0 Å². The lowest BCUT2D eigenvalue weighted by molar-refractivity contribution is -0.329.